The summed E-state index contributed by atoms with van der Waals surface area (Å²) < 4.78 is 4.93. The van der Waals surface area contributed by atoms with Crippen LogP contribution in [0.3, 0.4) is 0 Å². The predicted molar refractivity (Wildman–Crippen MR) is 61.0 cm³/mol. The zero-order valence-electron chi connectivity index (χ0n) is 8.74. The lowest BCUT2D eigenvalue weighted by molar-refractivity contribution is 0.0401. The van der Waals surface area contributed by atoms with Crippen molar-refractivity contribution < 1.29 is 9.53 Å². The number of hydrogen-bond acceptors (Lipinski definition) is 4. The van der Waals surface area contributed by atoms with Gasteiger partial charge in [-0.3, -0.25) is 0 Å². The maximum atomic E-state index is 11.6. The van der Waals surface area contributed by atoms with Crippen LogP contribution in [0.25, 0.3) is 0 Å². The molecule has 0 saturated carbocycles. The summed E-state index contributed by atoms with van der Waals surface area (Å²) in [6, 6.07) is 6.33. The summed E-state index contributed by atoms with van der Waals surface area (Å²) in [6.45, 7) is 1.76. The van der Waals surface area contributed by atoms with Crippen LogP contribution in [0.5, 0.6) is 0 Å². The number of nitrogens with zero attached hydrogens (tertiary/aromatic N) is 1. The molecule has 84 valence electrons. The second-order valence-corrected chi connectivity index (χ2v) is 3.57. The predicted octanol–water partition coefficient (Wildman–Crippen LogP) is 2.38. The van der Waals surface area contributed by atoms with Gasteiger partial charge in [-0.05, 0) is 24.6 Å². The minimum absolute atomic E-state index is 0.285. The SMILES string of the molecule is CCC(C#N)OC(=O)c1ccc(N)c(Cl)c1. The van der Waals surface area contributed by atoms with Gasteiger partial charge in [-0.25, -0.2) is 4.79 Å². The van der Waals surface area contributed by atoms with Crippen LogP contribution in [0, 0.1) is 11.3 Å². The molecule has 5 heteroatoms. The van der Waals surface area contributed by atoms with Crippen molar-refractivity contribution in [2.45, 2.75) is 19.4 Å². The smallest absolute Gasteiger partial charge is 0.339 e. The van der Waals surface area contributed by atoms with Gasteiger partial charge in [-0.15, -0.1) is 0 Å². The van der Waals surface area contributed by atoms with E-state index in [-0.39, 0.29) is 5.56 Å². The van der Waals surface area contributed by atoms with Gasteiger partial charge in [-0.2, -0.15) is 5.26 Å². The Kier molecular flexibility index (Phi) is 4.15. The number of carbonyl (C=O) groups excluding carboxylic acids is 1. The fourth-order valence-corrected chi connectivity index (χ4v) is 1.23. The molecule has 4 nitrogen and oxygen atoms in total. The Morgan fingerprint density at radius 1 is 1.69 bits per heavy atom. The molecule has 0 saturated heterocycles. The third-order valence-corrected chi connectivity index (χ3v) is 2.33. The van der Waals surface area contributed by atoms with Gasteiger partial charge in [0.2, 0.25) is 0 Å². The number of nitriles is 1. The largest absolute Gasteiger partial charge is 0.443 e. The van der Waals surface area contributed by atoms with Crippen molar-refractivity contribution >= 4 is 23.3 Å². The van der Waals surface area contributed by atoms with E-state index < -0.39 is 12.1 Å². The molecule has 0 bridgehead atoms. The highest BCUT2D eigenvalue weighted by Crippen LogP contribution is 2.20. The molecule has 16 heavy (non-hydrogen) atoms. The number of nitrogens with two attached hydrogens (primary N) is 1. The summed E-state index contributed by atoms with van der Waals surface area (Å²) in [5.41, 5.74) is 6.19. The number of anilines is 1. The van der Waals surface area contributed by atoms with Gasteiger partial charge in [0.25, 0.3) is 0 Å². The molecule has 1 aromatic rings. The van der Waals surface area contributed by atoms with Crippen molar-refractivity contribution in [3.05, 3.63) is 28.8 Å². The van der Waals surface area contributed by atoms with Crippen LogP contribution < -0.4 is 5.73 Å². The maximum absolute atomic E-state index is 11.6. The Labute approximate surface area is 98.6 Å². The summed E-state index contributed by atoms with van der Waals surface area (Å²) in [7, 11) is 0. The normalized spacial score (nSPS) is 11.6. The minimum atomic E-state index is -0.733. The zero-order valence-corrected chi connectivity index (χ0v) is 9.49. The summed E-state index contributed by atoms with van der Waals surface area (Å²) in [4.78, 5) is 11.6. The topological polar surface area (TPSA) is 76.1 Å². The van der Waals surface area contributed by atoms with Gasteiger partial charge >= 0.3 is 5.97 Å². The van der Waals surface area contributed by atoms with Crippen LogP contribution in [0.1, 0.15) is 23.7 Å². The molecule has 1 aromatic carbocycles. The number of halogens is 1. The highest BCUT2D eigenvalue weighted by molar-refractivity contribution is 6.33. The monoisotopic (exact) mass is 238 g/mol. The maximum Gasteiger partial charge on any atom is 0.339 e. The van der Waals surface area contributed by atoms with E-state index in [1.807, 2.05) is 6.07 Å². The summed E-state index contributed by atoms with van der Waals surface area (Å²) in [5.74, 6) is -0.574. The highest BCUT2D eigenvalue weighted by Gasteiger charge is 2.14. The van der Waals surface area contributed by atoms with Crippen molar-refractivity contribution in [1.29, 1.82) is 5.26 Å². The summed E-state index contributed by atoms with van der Waals surface area (Å²) in [6.07, 6.45) is -0.283. The average molecular weight is 239 g/mol. The summed E-state index contributed by atoms with van der Waals surface area (Å²) in [5, 5.41) is 8.94. The molecule has 0 radical (unpaired) electrons. The van der Waals surface area contributed by atoms with Crippen molar-refractivity contribution in [2.24, 2.45) is 0 Å². The lowest BCUT2D eigenvalue weighted by Gasteiger charge is -2.09. The molecule has 0 aliphatic rings. The van der Waals surface area contributed by atoms with Gasteiger partial charge in [0.1, 0.15) is 6.07 Å². The second-order valence-electron chi connectivity index (χ2n) is 3.17. The Hall–Kier alpha value is -1.73. The molecule has 0 aromatic heterocycles. The first-order valence-corrected chi connectivity index (χ1v) is 5.12. The Morgan fingerprint density at radius 2 is 2.38 bits per heavy atom. The van der Waals surface area contributed by atoms with Crippen molar-refractivity contribution in [3.63, 3.8) is 0 Å². The van der Waals surface area contributed by atoms with Gasteiger partial charge < -0.3 is 10.5 Å². The quantitative estimate of drug-likeness (QED) is 0.648. The first kappa shape index (κ1) is 12.3. The first-order valence-electron chi connectivity index (χ1n) is 4.74. The fourth-order valence-electron chi connectivity index (χ4n) is 1.05. The van der Waals surface area contributed by atoms with E-state index in [4.69, 9.17) is 27.3 Å². The molecule has 1 atom stereocenters. The molecule has 0 heterocycles. The van der Waals surface area contributed by atoms with E-state index in [9.17, 15) is 4.79 Å². The average Bonchev–Trinajstić information content (AvgIpc) is 2.29. The van der Waals surface area contributed by atoms with Gasteiger partial charge in [0.15, 0.2) is 6.10 Å². The van der Waals surface area contributed by atoms with Gasteiger partial charge in [0, 0.05) is 0 Å². The van der Waals surface area contributed by atoms with E-state index in [0.717, 1.165) is 0 Å². The highest BCUT2D eigenvalue weighted by atomic mass is 35.5. The van der Waals surface area contributed by atoms with Crippen LogP contribution >= 0.6 is 11.6 Å². The van der Waals surface area contributed by atoms with Crippen molar-refractivity contribution in [1.82, 2.24) is 0 Å². The molecule has 0 aliphatic heterocycles. The third-order valence-electron chi connectivity index (χ3n) is 2.00. The number of benzene rings is 1. The van der Waals surface area contributed by atoms with Crippen LogP contribution in [0.15, 0.2) is 18.2 Å². The molecular weight excluding hydrogens is 228 g/mol. The molecular formula is C11H11ClN2O2. The van der Waals surface area contributed by atoms with E-state index in [1.165, 1.54) is 18.2 Å². The molecule has 1 rings (SSSR count). The van der Waals surface area contributed by atoms with Crippen LogP contribution in [-0.2, 0) is 4.74 Å². The number of esters is 1. The number of carbonyl (C=O) groups is 1. The molecule has 0 fully saturated rings. The number of ether oxygens (including phenoxy) is 1. The van der Waals surface area contributed by atoms with E-state index in [2.05, 4.69) is 0 Å². The molecule has 0 spiro atoms. The molecule has 1 unspecified atom stereocenters. The van der Waals surface area contributed by atoms with E-state index in [0.29, 0.717) is 17.1 Å². The number of nitrogen functional groups attached to an aromatic ring is 1. The summed E-state index contributed by atoms with van der Waals surface area (Å²) >= 11 is 5.76. The van der Waals surface area contributed by atoms with Crippen LogP contribution in [-0.4, -0.2) is 12.1 Å². The molecule has 0 aliphatic carbocycles. The minimum Gasteiger partial charge on any atom is -0.443 e. The van der Waals surface area contributed by atoms with Crippen molar-refractivity contribution in [2.75, 3.05) is 5.73 Å². The lowest BCUT2D eigenvalue weighted by Crippen LogP contribution is -2.15. The number of hydrogen-bond donors (Lipinski definition) is 1. The van der Waals surface area contributed by atoms with Gasteiger partial charge in [0.05, 0.1) is 16.3 Å². The Bertz CT molecular complexity index is 440. The van der Waals surface area contributed by atoms with Crippen LogP contribution in [0.2, 0.25) is 5.02 Å². The first-order chi connectivity index (χ1) is 7.58. The lowest BCUT2D eigenvalue weighted by atomic mass is 10.2. The van der Waals surface area contributed by atoms with Crippen molar-refractivity contribution in [3.8, 4) is 6.07 Å². The van der Waals surface area contributed by atoms with Crippen LogP contribution in [0.4, 0.5) is 5.69 Å². The second kappa shape index (κ2) is 5.38. The van der Waals surface area contributed by atoms with E-state index in [1.54, 1.807) is 6.92 Å². The zero-order chi connectivity index (χ0) is 12.1. The Balaban J connectivity index is 2.81. The molecule has 2 N–H and O–H groups in total. The standard InChI is InChI=1S/C11H11ClN2O2/c1-2-8(6-13)16-11(15)7-3-4-10(14)9(12)5-7/h3-5,8H,2,14H2,1H3. The van der Waals surface area contributed by atoms with E-state index >= 15 is 0 Å². The Morgan fingerprint density at radius 3 is 2.88 bits per heavy atom. The fraction of sp³-hybridized carbons (Fsp3) is 0.273. The third kappa shape index (κ3) is 2.88. The van der Waals surface area contributed by atoms with Gasteiger partial charge in [-0.1, -0.05) is 18.5 Å². The number of rotatable bonds is 3. The molecule has 0 amide bonds.